The van der Waals surface area contributed by atoms with Crippen LogP contribution in [0, 0.1) is 0 Å². The third-order valence-electron chi connectivity index (χ3n) is 5.74. The summed E-state index contributed by atoms with van der Waals surface area (Å²) in [6, 6.07) is 2.32. The van der Waals surface area contributed by atoms with Gasteiger partial charge in [0, 0.05) is 26.2 Å². The lowest BCUT2D eigenvalue weighted by atomic mass is 10.2. The van der Waals surface area contributed by atoms with Crippen LogP contribution in [0.25, 0.3) is 10.2 Å². The molecular weight excluding hydrogens is 426 g/mol. The van der Waals surface area contributed by atoms with Gasteiger partial charge in [0.15, 0.2) is 10.9 Å². The van der Waals surface area contributed by atoms with Gasteiger partial charge in [-0.2, -0.15) is 0 Å². The number of pyridine rings is 1. The molecule has 1 amide bonds. The minimum atomic E-state index is -0.478. The minimum absolute atomic E-state index is 0.164. The fourth-order valence-electron chi connectivity index (χ4n) is 4.44. The van der Waals surface area contributed by atoms with Crippen molar-refractivity contribution in [1.29, 1.82) is 0 Å². The average molecular weight is 452 g/mol. The first kappa shape index (κ1) is 20.1. The Balaban J connectivity index is 1.38. The molecule has 2 aromatic heterocycles. The number of rotatable bonds is 2. The van der Waals surface area contributed by atoms with E-state index < -0.39 is 5.60 Å². The van der Waals surface area contributed by atoms with E-state index in [1.165, 1.54) is 0 Å². The normalized spacial score (nSPS) is 24.2. The Bertz CT molecular complexity index is 971. The standard InChI is InChI=1S/C20H26ClN5O3S/c1-20(2,3)29-19(27)26-11-12-8-13(26)10-25(12)18-23-16-14(30-18)9-15(21)22-17(16)24-4-6-28-7-5-24/h9,12-13H,4-8,10-11H2,1-3H3/t12-,13-/m0/s1. The van der Waals surface area contributed by atoms with Gasteiger partial charge in [-0.15, -0.1) is 0 Å². The van der Waals surface area contributed by atoms with Gasteiger partial charge < -0.3 is 24.2 Å². The van der Waals surface area contributed by atoms with E-state index in [0.717, 1.165) is 47.2 Å². The first-order valence-electron chi connectivity index (χ1n) is 10.3. The van der Waals surface area contributed by atoms with Crippen LogP contribution in [-0.4, -0.2) is 78.0 Å². The molecule has 3 aliphatic rings. The number of hydrogen-bond acceptors (Lipinski definition) is 8. The van der Waals surface area contributed by atoms with Gasteiger partial charge >= 0.3 is 6.09 Å². The fourth-order valence-corrected chi connectivity index (χ4v) is 5.77. The Labute approximate surface area is 184 Å². The van der Waals surface area contributed by atoms with Crippen molar-refractivity contribution in [3.8, 4) is 0 Å². The Hall–Kier alpha value is -1.84. The van der Waals surface area contributed by atoms with Crippen molar-refractivity contribution in [3.63, 3.8) is 0 Å². The minimum Gasteiger partial charge on any atom is -0.444 e. The van der Waals surface area contributed by atoms with E-state index in [0.29, 0.717) is 24.9 Å². The molecule has 5 heterocycles. The van der Waals surface area contributed by atoms with Gasteiger partial charge in [0.1, 0.15) is 16.3 Å². The molecule has 3 aliphatic heterocycles. The topological polar surface area (TPSA) is 71.0 Å². The second kappa shape index (κ2) is 7.39. The predicted octanol–water partition coefficient (Wildman–Crippen LogP) is 3.38. The van der Waals surface area contributed by atoms with Crippen LogP contribution in [0.5, 0.6) is 0 Å². The molecule has 0 unspecified atom stereocenters. The molecule has 8 nitrogen and oxygen atoms in total. The molecule has 0 aromatic carbocycles. The number of ether oxygens (including phenoxy) is 2. The molecule has 0 N–H and O–H groups in total. The van der Waals surface area contributed by atoms with Gasteiger partial charge in [0.2, 0.25) is 0 Å². The van der Waals surface area contributed by atoms with Crippen LogP contribution in [0.4, 0.5) is 15.7 Å². The Morgan fingerprint density at radius 1 is 1.23 bits per heavy atom. The third-order valence-corrected chi connectivity index (χ3v) is 6.97. The van der Waals surface area contributed by atoms with Gasteiger partial charge in [-0.1, -0.05) is 22.9 Å². The number of nitrogens with zero attached hydrogens (tertiary/aromatic N) is 5. The summed E-state index contributed by atoms with van der Waals surface area (Å²) in [6.07, 6.45) is 0.731. The molecule has 0 aliphatic carbocycles. The number of aromatic nitrogens is 2. The van der Waals surface area contributed by atoms with Crippen LogP contribution in [0.1, 0.15) is 27.2 Å². The molecule has 30 heavy (non-hydrogen) atoms. The Kier molecular flexibility index (Phi) is 4.95. The van der Waals surface area contributed by atoms with Gasteiger partial charge in [0.05, 0.1) is 30.0 Å². The van der Waals surface area contributed by atoms with Crippen molar-refractivity contribution in [2.45, 2.75) is 44.9 Å². The van der Waals surface area contributed by atoms with Crippen molar-refractivity contribution in [2.24, 2.45) is 0 Å². The molecule has 2 aromatic rings. The monoisotopic (exact) mass is 451 g/mol. The van der Waals surface area contributed by atoms with Crippen LogP contribution >= 0.6 is 22.9 Å². The zero-order chi connectivity index (χ0) is 21.0. The first-order chi connectivity index (χ1) is 14.3. The SMILES string of the molecule is CC(C)(C)OC(=O)N1C[C@@H]2C[C@H]1CN2c1nc2c(N3CCOCC3)nc(Cl)cc2s1. The summed E-state index contributed by atoms with van der Waals surface area (Å²) < 4.78 is 12.1. The highest BCUT2D eigenvalue weighted by atomic mass is 35.5. The second-order valence-electron chi connectivity index (χ2n) is 9.04. The maximum Gasteiger partial charge on any atom is 0.410 e. The molecule has 3 fully saturated rings. The molecule has 5 rings (SSSR count). The third kappa shape index (κ3) is 3.67. The van der Waals surface area contributed by atoms with E-state index in [9.17, 15) is 4.79 Å². The number of amides is 1. The number of likely N-dealkylation sites (tertiary alicyclic amines) is 1. The van der Waals surface area contributed by atoms with Crippen LogP contribution < -0.4 is 9.80 Å². The average Bonchev–Trinajstić information content (AvgIpc) is 3.40. The highest BCUT2D eigenvalue weighted by molar-refractivity contribution is 7.22. The van der Waals surface area contributed by atoms with Crippen LogP contribution in [-0.2, 0) is 9.47 Å². The summed E-state index contributed by atoms with van der Waals surface area (Å²) in [4.78, 5) is 28.5. The van der Waals surface area contributed by atoms with Crippen molar-refractivity contribution in [3.05, 3.63) is 11.2 Å². The van der Waals surface area contributed by atoms with E-state index >= 15 is 0 Å². The predicted molar refractivity (Wildman–Crippen MR) is 118 cm³/mol. The summed E-state index contributed by atoms with van der Waals surface area (Å²) in [5.41, 5.74) is 0.418. The number of hydrogen-bond donors (Lipinski definition) is 0. The maximum absolute atomic E-state index is 12.5. The van der Waals surface area contributed by atoms with Gasteiger partial charge in [-0.25, -0.2) is 14.8 Å². The smallest absolute Gasteiger partial charge is 0.410 e. The van der Waals surface area contributed by atoms with Crippen LogP contribution in [0.3, 0.4) is 0 Å². The fraction of sp³-hybridized carbons (Fsp3) is 0.650. The number of carbonyl (C=O) groups is 1. The summed E-state index contributed by atoms with van der Waals surface area (Å²) in [6.45, 7) is 10.1. The highest BCUT2D eigenvalue weighted by Gasteiger charge is 2.47. The zero-order valence-electron chi connectivity index (χ0n) is 17.4. The highest BCUT2D eigenvalue weighted by Crippen LogP contribution is 2.41. The summed E-state index contributed by atoms with van der Waals surface area (Å²) in [7, 11) is 0. The van der Waals surface area contributed by atoms with Crippen LogP contribution in [0.2, 0.25) is 5.15 Å². The lowest BCUT2D eigenvalue weighted by Crippen LogP contribution is -2.50. The zero-order valence-corrected chi connectivity index (χ0v) is 19.0. The quantitative estimate of drug-likeness (QED) is 0.648. The summed E-state index contributed by atoms with van der Waals surface area (Å²) >= 11 is 7.96. The van der Waals surface area contributed by atoms with E-state index in [4.69, 9.17) is 26.1 Å². The lowest BCUT2D eigenvalue weighted by Gasteiger charge is -2.35. The number of anilines is 2. The van der Waals surface area contributed by atoms with Gasteiger partial charge in [0.25, 0.3) is 0 Å². The largest absolute Gasteiger partial charge is 0.444 e. The van der Waals surface area contributed by atoms with E-state index in [2.05, 4.69) is 14.8 Å². The van der Waals surface area contributed by atoms with E-state index in [-0.39, 0.29) is 18.2 Å². The molecule has 0 spiro atoms. The number of piperazine rings is 1. The van der Waals surface area contributed by atoms with E-state index in [1.807, 2.05) is 31.7 Å². The van der Waals surface area contributed by atoms with Gasteiger partial charge in [-0.05, 0) is 33.3 Å². The molecule has 0 radical (unpaired) electrons. The Morgan fingerprint density at radius 3 is 2.67 bits per heavy atom. The lowest BCUT2D eigenvalue weighted by molar-refractivity contribution is 0.0214. The summed E-state index contributed by atoms with van der Waals surface area (Å²) in [5, 5.41) is 1.46. The second-order valence-corrected chi connectivity index (χ2v) is 10.4. The number of carbonyl (C=O) groups excluding carboxylic acids is 1. The molecule has 0 saturated carbocycles. The van der Waals surface area contributed by atoms with Crippen molar-refractivity contribution >= 4 is 50.2 Å². The van der Waals surface area contributed by atoms with Gasteiger partial charge in [-0.3, -0.25) is 0 Å². The number of morpholine rings is 1. The molecule has 3 saturated heterocycles. The molecule has 2 atom stereocenters. The summed E-state index contributed by atoms with van der Waals surface area (Å²) in [5.74, 6) is 0.836. The maximum atomic E-state index is 12.5. The van der Waals surface area contributed by atoms with E-state index in [1.54, 1.807) is 11.3 Å². The number of halogens is 1. The van der Waals surface area contributed by atoms with Crippen molar-refractivity contribution in [2.75, 3.05) is 49.2 Å². The molecule has 2 bridgehead atoms. The first-order valence-corrected chi connectivity index (χ1v) is 11.5. The van der Waals surface area contributed by atoms with Crippen molar-refractivity contribution in [1.82, 2.24) is 14.9 Å². The van der Waals surface area contributed by atoms with Crippen molar-refractivity contribution < 1.29 is 14.3 Å². The van der Waals surface area contributed by atoms with Crippen LogP contribution in [0.15, 0.2) is 6.07 Å². The number of thiazole rings is 1. The molecular formula is C20H26ClN5O3S. The Morgan fingerprint density at radius 2 is 2.00 bits per heavy atom. The number of fused-ring (bicyclic) bond motifs is 3. The molecule has 162 valence electrons. The molecule has 10 heteroatoms.